The Balaban J connectivity index is 1.74. The minimum atomic E-state index is -0.0356. The highest BCUT2D eigenvalue weighted by Gasteiger charge is 2.41. The molecule has 2 rings (SSSR count). The Bertz CT molecular complexity index is 247. The molecule has 3 heteroatoms. The third-order valence-corrected chi connectivity index (χ3v) is 5.28. The molecular formula is C13H22BrNO. The van der Waals surface area contributed by atoms with Gasteiger partial charge in [0.15, 0.2) is 0 Å². The van der Waals surface area contributed by atoms with Gasteiger partial charge in [-0.3, -0.25) is 4.79 Å². The Hall–Kier alpha value is -0.0500. The predicted octanol–water partition coefficient (Wildman–Crippen LogP) is 2.96. The van der Waals surface area contributed by atoms with Crippen molar-refractivity contribution in [1.82, 2.24) is 5.32 Å². The van der Waals surface area contributed by atoms with Gasteiger partial charge in [0.05, 0.1) is 4.83 Å². The number of carbonyl (C=O) groups is 1. The summed E-state index contributed by atoms with van der Waals surface area (Å²) in [5, 5.41) is 3.12. The second-order valence-electron chi connectivity index (χ2n) is 5.73. The summed E-state index contributed by atoms with van der Waals surface area (Å²) < 4.78 is 0. The SMILES string of the molecule is CC(C)C(Br)C(=O)NCC(C1CC1)C1CC1. The van der Waals surface area contributed by atoms with Gasteiger partial charge in [-0.1, -0.05) is 29.8 Å². The Morgan fingerprint density at radius 1 is 1.25 bits per heavy atom. The molecule has 0 heterocycles. The van der Waals surface area contributed by atoms with Crippen LogP contribution in [0.15, 0.2) is 0 Å². The summed E-state index contributed by atoms with van der Waals surface area (Å²) in [7, 11) is 0. The molecule has 0 aromatic carbocycles. The summed E-state index contributed by atoms with van der Waals surface area (Å²) >= 11 is 3.45. The van der Waals surface area contributed by atoms with Crippen LogP contribution in [-0.4, -0.2) is 17.3 Å². The summed E-state index contributed by atoms with van der Waals surface area (Å²) in [6, 6.07) is 0. The zero-order valence-corrected chi connectivity index (χ0v) is 11.8. The molecule has 1 amide bonds. The minimum absolute atomic E-state index is 0.0356. The van der Waals surface area contributed by atoms with Crippen molar-refractivity contribution in [3.63, 3.8) is 0 Å². The van der Waals surface area contributed by atoms with Crippen molar-refractivity contribution in [2.75, 3.05) is 6.54 Å². The van der Waals surface area contributed by atoms with Gasteiger partial charge >= 0.3 is 0 Å². The van der Waals surface area contributed by atoms with Crippen molar-refractivity contribution in [2.45, 2.75) is 44.4 Å². The van der Waals surface area contributed by atoms with E-state index >= 15 is 0 Å². The predicted molar refractivity (Wildman–Crippen MR) is 69.5 cm³/mol. The highest BCUT2D eigenvalue weighted by atomic mass is 79.9. The van der Waals surface area contributed by atoms with E-state index in [-0.39, 0.29) is 10.7 Å². The summed E-state index contributed by atoms with van der Waals surface area (Å²) in [4.78, 5) is 11.8. The van der Waals surface area contributed by atoms with Crippen molar-refractivity contribution < 1.29 is 4.79 Å². The lowest BCUT2D eigenvalue weighted by atomic mass is 9.98. The van der Waals surface area contributed by atoms with Gasteiger partial charge in [0.25, 0.3) is 0 Å². The molecule has 0 bridgehead atoms. The van der Waals surface area contributed by atoms with Crippen molar-refractivity contribution in [2.24, 2.45) is 23.7 Å². The highest BCUT2D eigenvalue weighted by Crippen LogP contribution is 2.48. The molecule has 0 saturated heterocycles. The van der Waals surface area contributed by atoms with Crippen molar-refractivity contribution in [3.8, 4) is 0 Å². The molecule has 0 radical (unpaired) electrons. The number of carbonyl (C=O) groups excluding carboxylic acids is 1. The highest BCUT2D eigenvalue weighted by molar-refractivity contribution is 9.10. The minimum Gasteiger partial charge on any atom is -0.355 e. The number of rotatable bonds is 6. The van der Waals surface area contributed by atoms with Crippen LogP contribution in [0.1, 0.15) is 39.5 Å². The Morgan fingerprint density at radius 3 is 2.12 bits per heavy atom. The van der Waals surface area contributed by atoms with E-state index in [2.05, 4.69) is 35.1 Å². The standard InChI is InChI=1S/C13H22BrNO/c1-8(2)12(14)13(16)15-7-11(9-3-4-9)10-5-6-10/h8-12H,3-7H2,1-2H3,(H,15,16). The van der Waals surface area contributed by atoms with Gasteiger partial charge in [-0.15, -0.1) is 0 Å². The van der Waals surface area contributed by atoms with Gasteiger partial charge in [0.2, 0.25) is 5.91 Å². The topological polar surface area (TPSA) is 29.1 Å². The van der Waals surface area contributed by atoms with Crippen LogP contribution in [0.4, 0.5) is 0 Å². The van der Waals surface area contributed by atoms with E-state index in [9.17, 15) is 4.79 Å². The van der Waals surface area contributed by atoms with Gasteiger partial charge < -0.3 is 5.32 Å². The lowest BCUT2D eigenvalue weighted by Crippen LogP contribution is -2.37. The van der Waals surface area contributed by atoms with Crippen molar-refractivity contribution in [1.29, 1.82) is 0 Å². The number of hydrogen-bond acceptors (Lipinski definition) is 1. The number of amides is 1. The monoisotopic (exact) mass is 287 g/mol. The quantitative estimate of drug-likeness (QED) is 0.748. The Labute approximate surface area is 107 Å². The number of hydrogen-bond donors (Lipinski definition) is 1. The van der Waals surface area contributed by atoms with Crippen LogP contribution < -0.4 is 5.32 Å². The number of alkyl halides is 1. The first-order chi connectivity index (χ1) is 7.59. The third-order valence-electron chi connectivity index (χ3n) is 3.80. The molecule has 2 aliphatic rings. The lowest BCUT2D eigenvalue weighted by molar-refractivity contribution is -0.121. The fourth-order valence-corrected chi connectivity index (χ4v) is 2.55. The summed E-state index contributed by atoms with van der Waals surface area (Å²) in [5.74, 6) is 3.14. The Morgan fingerprint density at radius 2 is 1.75 bits per heavy atom. The molecule has 1 N–H and O–H groups in total. The van der Waals surface area contributed by atoms with E-state index in [0.717, 1.165) is 24.3 Å². The fourth-order valence-electron chi connectivity index (χ4n) is 2.39. The van der Waals surface area contributed by atoms with Crippen LogP contribution in [0.2, 0.25) is 0 Å². The molecule has 2 fully saturated rings. The number of nitrogens with one attached hydrogen (secondary N) is 1. The van der Waals surface area contributed by atoms with Crippen LogP contribution >= 0.6 is 15.9 Å². The van der Waals surface area contributed by atoms with Gasteiger partial charge in [-0.25, -0.2) is 0 Å². The molecule has 2 nitrogen and oxygen atoms in total. The van der Waals surface area contributed by atoms with E-state index in [1.54, 1.807) is 0 Å². The first-order valence-electron chi connectivity index (χ1n) is 6.51. The molecule has 0 aromatic heterocycles. The maximum atomic E-state index is 11.8. The first kappa shape index (κ1) is 12.4. The largest absolute Gasteiger partial charge is 0.355 e. The second-order valence-corrected chi connectivity index (χ2v) is 6.72. The molecule has 92 valence electrons. The number of halogens is 1. The molecule has 2 aliphatic carbocycles. The average Bonchev–Trinajstić information content (AvgIpc) is 3.09. The molecule has 1 unspecified atom stereocenters. The summed E-state index contributed by atoms with van der Waals surface area (Å²) in [6.45, 7) is 5.04. The summed E-state index contributed by atoms with van der Waals surface area (Å²) in [5.41, 5.74) is 0. The maximum absolute atomic E-state index is 11.8. The molecular weight excluding hydrogens is 266 g/mol. The zero-order chi connectivity index (χ0) is 11.7. The second kappa shape index (κ2) is 5.07. The van der Waals surface area contributed by atoms with Gasteiger partial charge in [-0.05, 0) is 49.4 Å². The molecule has 16 heavy (non-hydrogen) atoms. The third kappa shape index (κ3) is 3.22. The van der Waals surface area contributed by atoms with Gasteiger partial charge in [0, 0.05) is 6.54 Å². The van der Waals surface area contributed by atoms with Crippen LogP contribution in [0.25, 0.3) is 0 Å². The molecule has 1 atom stereocenters. The zero-order valence-electron chi connectivity index (χ0n) is 10.2. The fraction of sp³-hybridized carbons (Fsp3) is 0.923. The van der Waals surface area contributed by atoms with E-state index in [1.165, 1.54) is 25.7 Å². The van der Waals surface area contributed by atoms with E-state index in [0.29, 0.717) is 5.92 Å². The molecule has 0 spiro atoms. The normalized spacial score (nSPS) is 22.6. The maximum Gasteiger partial charge on any atom is 0.234 e. The smallest absolute Gasteiger partial charge is 0.234 e. The van der Waals surface area contributed by atoms with Crippen molar-refractivity contribution >= 4 is 21.8 Å². The molecule has 2 saturated carbocycles. The molecule has 0 aromatic rings. The van der Waals surface area contributed by atoms with Crippen LogP contribution in [0, 0.1) is 23.7 Å². The van der Waals surface area contributed by atoms with Crippen LogP contribution in [0.5, 0.6) is 0 Å². The molecule has 0 aliphatic heterocycles. The summed E-state index contributed by atoms with van der Waals surface area (Å²) in [6.07, 6.45) is 5.55. The van der Waals surface area contributed by atoms with E-state index < -0.39 is 0 Å². The van der Waals surface area contributed by atoms with Crippen LogP contribution in [0.3, 0.4) is 0 Å². The van der Waals surface area contributed by atoms with Gasteiger partial charge in [0.1, 0.15) is 0 Å². The Kier molecular flexibility index (Phi) is 3.93. The van der Waals surface area contributed by atoms with E-state index in [1.807, 2.05) is 0 Å². The first-order valence-corrected chi connectivity index (χ1v) is 7.43. The van der Waals surface area contributed by atoms with Crippen molar-refractivity contribution in [3.05, 3.63) is 0 Å². The van der Waals surface area contributed by atoms with Gasteiger partial charge in [-0.2, -0.15) is 0 Å². The van der Waals surface area contributed by atoms with Crippen LogP contribution in [-0.2, 0) is 4.79 Å². The average molecular weight is 288 g/mol. The lowest BCUT2D eigenvalue weighted by Gasteiger charge is -2.19. The van der Waals surface area contributed by atoms with E-state index in [4.69, 9.17) is 0 Å².